The Balaban J connectivity index is 1.48. The van der Waals surface area contributed by atoms with Crippen molar-refractivity contribution in [3.05, 3.63) is 65.4 Å². The third-order valence-corrected chi connectivity index (χ3v) is 6.51. The van der Waals surface area contributed by atoms with Crippen LogP contribution in [0.15, 0.2) is 54.9 Å². The zero-order chi connectivity index (χ0) is 23.7. The first kappa shape index (κ1) is 22.5. The van der Waals surface area contributed by atoms with E-state index in [-0.39, 0.29) is 0 Å². The van der Waals surface area contributed by atoms with Crippen LogP contribution < -0.4 is 20.7 Å². The number of fused-ring (bicyclic) bond motifs is 1. The molecule has 2 aromatic heterocycles. The molecule has 3 N–H and O–H groups in total. The van der Waals surface area contributed by atoms with Gasteiger partial charge in [0.1, 0.15) is 10.8 Å². The number of anilines is 3. The van der Waals surface area contributed by atoms with E-state index in [4.69, 9.17) is 27.1 Å². The molecule has 1 saturated heterocycles. The number of halogens is 1. The van der Waals surface area contributed by atoms with E-state index in [1.54, 1.807) is 13.3 Å². The molecule has 0 radical (unpaired) electrons. The van der Waals surface area contributed by atoms with Gasteiger partial charge in [-0.3, -0.25) is 4.57 Å². The number of piperazine rings is 1. The smallest absolute Gasteiger partial charge is 0.229 e. The number of para-hydroxylation sites is 1. The zero-order valence-corrected chi connectivity index (χ0v) is 20.1. The Morgan fingerprint density at radius 3 is 2.68 bits per heavy atom. The number of methoxy groups -OCH3 is 1. The molecule has 34 heavy (non-hydrogen) atoms. The van der Waals surface area contributed by atoms with Gasteiger partial charge in [0.25, 0.3) is 0 Å². The molecule has 0 atom stereocenters. The van der Waals surface area contributed by atoms with E-state index in [9.17, 15) is 0 Å². The van der Waals surface area contributed by atoms with Crippen LogP contribution in [0.5, 0.6) is 5.75 Å². The molecule has 9 heteroatoms. The first-order valence-electron chi connectivity index (χ1n) is 11.3. The Morgan fingerprint density at radius 2 is 1.91 bits per heavy atom. The summed E-state index contributed by atoms with van der Waals surface area (Å²) in [4.78, 5) is 13.8. The number of nitrogens with one attached hydrogen (secondary N) is 1. The third kappa shape index (κ3) is 4.27. The van der Waals surface area contributed by atoms with Crippen molar-refractivity contribution in [3.8, 4) is 11.6 Å². The molecule has 0 saturated carbocycles. The minimum Gasteiger partial charge on any atom is -0.495 e. The Bertz CT molecular complexity index is 1310. The highest BCUT2D eigenvalue weighted by Crippen LogP contribution is 2.33. The lowest BCUT2D eigenvalue weighted by Gasteiger charge is -2.34. The molecule has 0 unspecified atom stereocenters. The van der Waals surface area contributed by atoms with E-state index in [1.807, 2.05) is 41.1 Å². The number of benzene rings is 2. The van der Waals surface area contributed by atoms with E-state index in [0.717, 1.165) is 59.8 Å². The third-order valence-electron chi connectivity index (χ3n) is 6.25. The first-order chi connectivity index (χ1) is 16.6. The second kappa shape index (κ2) is 9.50. The molecule has 4 aromatic rings. The molecule has 0 spiro atoms. The van der Waals surface area contributed by atoms with Gasteiger partial charge in [-0.1, -0.05) is 29.8 Å². The van der Waals surface area contributed by atoms with Crippen LogP contribution in [0, 0.1) is 0 Å². The van der Waals surface area contributed by atoms with E-state index < -0.39 is 0 Å². The average molecular weight is 478 g/mol. The van der Waals surface area contributed by atoms with Crippen molar-refractivity contribution in [2.45, 2.75) is 6.54 Å². The molecule has 1 aliphatic heterocycles. The van der Waals surface area contributed by atoms with Crippen molar-refractivity contribution >= 4 is 39.8 Å². The molecule has 1 aliphatic rings. The summed E-state index contributed by atoms with van der Waals surface area (Å²) in [6.07, 6.45) is 3.61. The summed E-state index contributed by atoms with van der Waals surface area (Å²) >= 11 is 6.53. The Morgan fingerprint density at radius 1 is 1.12 bits per heavy atom. The van der Waals surface area contributed by atoms with Gasteiger partial charge in [-0.2, -0.15) is 4.98 Å². The van der Waals surface area contributed by atoms with Crippen LogP contribution in [0.4, 0.5) is 17.3 Å². The van der Waals surface area contributed by atoms with Gasteiger partial charge in [0, 0.05) is 50.0 Å². The largest absolute Gasteiger partial charge is 0.495 e. The molecule has 0 aliphatic carbocycles. The summed E-state index contributed by atoms with van der Waals surface area (Å²) < 4.78 is 7.60. The van der Waals surface area contributed by atoms with Gasteiger partial charge in [-0.25, -0.2) is 4.98 Å². The fourth-order valence-electron chi connectivity index (χ4n) is 4.37. The highest BCUT2D eigenvalue weighted by atomic mass is 35.5. The van der Waals surface area contributed by atoms with Crippen molar-refractivity contribution in [3.63, 3.8) is 0 Å². The van der Waals surface area contributed by atoms with Gasteiger partial charge in [-0.15, -0.1) is 0 Å². The fourth-order valence-corrected chi connectivity index (χ4v) is 4.55. The summed E-state index contributed by atoms with van der Waals surface area (Å²) in [7, 11) is 3.85. The minimum absolute atomic E-state index is 0.433. The van der Waals surface area contributed by atoms with Gasteiger partial charge in [0.15, 0.2) is 5.82 Å². The van der Waals surface area contributed by atoms with Crippen molar-refractivity contribution < 1.29 is 4.74 Å². The van der Waals surface area contributed by atoms with Crippen molar-refractivity contribution in [2.24, 2.45) is 5.73 Å². The molecule has 5 rings (SSSR count). The number of nitrogens with two attached hydrogens (primary N) is 1. The normalized spacial score (nSPS) is 14.5. The van der Waals surface area contributed by atoms with Gasteiger partial charge in [-0.05, 0) is 36.9 Å². The standard InChI is InChI=1S/C25H28ClN7O/c1-31-9-11-32(12-10-31)22-13-18(7-8-23(22)34-2)29-25-28-15-20(26)24(30-25)33-16-17(14-27)19-5-3-4-6-21(19)33/h3-8,13,15-16H,9-12,14,27H2,1-2H3,(H,28,29,30). The van der Waals surface area contributed by atoms with Crippen molar-refractivity contribution in [1.29, 1.82) is 0 Å². The monoisotopic (exact) mass is 477 g/mol. The molecule has 1 fully saturated rings. The lowest BCUT2D eigenvalue weighted by molar-refractivity contribution is 0.311. The second-order valence-electron chi connectivity index (χ2n) is 8.41. The fraction of sp³-hybridized carbons (Fsp3) is 0.280. The van der Waals surface area contributed by atoms with Crippen molar-refractivity contribution in [2.75, 3.05) is 50.6 Å². The zero-order valence-electron chi connectivity index (χ0n) is 19.3. The lowest BCUT2D eigenvalue weighted by atomic mass is 10.2. The number of nitrogens with zero attached hydrogens (tertiary/aromatic N) is 5. The maximum atomic E-state index is 6.53. The van der Waals surface area contributed by atoms with Crippen LogP contribution in [0.25, 0.3) is 16.7 Å². The molecule has 176 valence electrons. The SMILES string of the molecule is COc1ccc(Nc2ncc(Cl)c(-n3cc(CN)c4ccccc43)n2)cc1N1CCN(C)CC1. The molecular weight excluding hydrogens is 450 g/mol. The lowest BCUT2D eigenvalue weighted by Crippen LogP contribution is -2.44. The second-order valence-corrected chi connectivity index (χ2v) is 8.82. The van der Waals surface area contributed by atoms with Crippen LogP contribution in [0.1, 0.15) is 5.56 Å². The van der Waals surface area contributed by atoms with Crippen LogP contribution in [-0.4, -0.2) is 59.8 Å². The molecule has 2 aromatic carbocycles. The Hall–Kier alpha value is -3.33. The minimum atomic E-state index is 0.433. The topological polar surface area (TPSA) is 84.5 Å². The number of ether oxygens (including phenoxy) is 1. The number of hydrogen-bond donors (Lipinski definition) is 2. The Labute approximate surface area is 203 Å². The predicted octanol–water partition coefficient (Wildman–Crippen LogP) is 4.04. The molecule has 3 heterocycles. The summed E-state index contributed by atoms with van der Waals surface area (Å²) in [5.41, 5.74) is 9.94. The number of likely N-dealkylation sites (N-methyl/N-ethyl adjacent to an activating group) is 1. The maximum absolute atomic E-state index is 6.53. The summed E-state index contributed by atoms with van der Waals surface area (Å²) in [6.45, 7) is 4.35. The number of aromatic nitrogens is 3. The van der Waals surface area contributed by atoms with Crippen LogP contribution in [-0.2, 0) is 6.54 Å². The van der Waals surface area contributed by atoms with E-state index in [0.29, 0.717) is 23.3 Å². The van der Waals surface area contributed by atoms with E-state index in [2.05, 4.69) is 39.3 Å². The molecule has 0 amide bonds. The average Bonchev–Trinajstić information content (AvgIpc) is 3.24. The van der Waals surface area contributed by atoms with Gasteiger partial charge in [0.05, 0.1) is 24.5 Å². The Kier molecular flexibility index (Phi) is 6.28. The molecular formula is C25H28ClN7O. The maximum Gasteiger partial charge on any atom is 0.229 e. The summed E-state index contributed by atoms with van der Waals surface area (Å²) in [5.74, 6) is 1.91. The quantitative estimate of drug-likeness (QED) is 0.433. The van der Waals surface area contributed by atoms with Crippen molar-refractivity contribution in [1.82, 2.24) is 19.4 Å². The molecule has 8 nitrogen and oxygen atoms in total. The van der Waals surface area contributed by atoms with Crippen LogP contribution in [0.3, 0.4) is 0 Å². The van der Waals surface area contributed by atoms with E-state index >= 15 is 0 Å². The predicted molar refractivity (Wildman–Crippen MR) is 138 cm³/mol. The highest BCUT2D eigenvalue weighted by molar-refractivity contribution is 6.32. The van der Waals surface area contributed by atoms with Crippen LogP contribution >= 0.6 is 11.6 Å². The van der Waals surface area contributed by atoms with Crippen LogP contribution in [0.2, 0.25) is 5.02 Å². The first-order valence-corrected chi connectivity index (χ1v) is 11.7. The summed E-state index contributed by atoms with van der Waals surface area (Å²) in [5, 5.41) is 4.88. The summed E-state index contributed by atoms with van der Waals surface area (Å²) in [6, 6.07) is 14.1. The number of hydrogen-bond acceptors (Lipinski definition) is 7. The van der Waals surface area contributed by atoms with E-state index in [1.165, 1.54) is 0 Å². The van der Waals surface area contributed by atoms with Gasteiger partial charge < -0.3 is 25.6 Å². The molecule has 0 bridgehead atoms. The number of rotatable bonds is 6. The highest BCUT2D eigenvalue weighted by Gasteiger charge is 2.19. The van der Waals surface area contributed by atoms with Gasteiger partial charge >= 0.3 is 0 Å². The van der Waals surface area contributed by atoms with Gasteiger partial charge in [0.2, 0.25) is 5.95 Å².